The highest BCUT2D eigenvalue weighted by molar-refractivity contribution is 5.74. The summed E-state index contributed by atoms with van der Waals surface area (Å²) in [5.41, 5.74) is 0.184. The zero-order valence-corrected chi connectivity index (χ0v) is 12.5. The average molecular weight is 316 g/mol. The first-order chi connectivity index (χ1) is 10.4. The minimum Gasteiger partial charge on any atom is -0.383 e. The number of nitrogens with zero attached hydrogens (tertiary/aromatic N) is 1. The third-order valence-corrected chi connectivity index (χ3v) is 3.66. The van der Waals surface area contributed by atoms with Gasteiger partial charge in [0.15, 0.2) is 17.5 Å². The fourth-order valence-electron chi connectivity index (χ4n) is 2.29. The highest BCUT2D eigenvalue weighted by Crippen LogP contribution is 2.32. The molecule has 1 aromatic rings. The molecule has 1 atom stereocenters. The van der Waals surface area contributed by atoms with Crippen LogP contribution in [0.15, 0.2) is 12.1 Å². The lowest BCUT2D eigenvalue weighted by atomic mass is 10.2. The molecule has 4 nitrogen and oxygen atoms in total. The molecule has 22 heavy (non-hydrogen) atoms. The summed E-state index contributed by atoms with van der Waals surface area (Å²) in [6.07, 6.45) is 2.10. The Hall–Kier alpha value is -1.76. The van der Waals surface area contributed by atoms with Gasteiger partial charge in [0.1, 0.15) is 0 Å². The number of rotatable bonds is 6. The Morgan fingerprint density at radius 1 is 1.36 bits per heavy atom. The largest absolute Gasteiger partial charge is 0.383 e. The van der Waals surface area contributed by atoms with Gasteiger partial charge in [-0.25, -0.2) is 18.0 Å². The number of amides is 2. The molecule has 1 N–H and O–H groups in total. The van der Waals surface area contributed by atoms with Crippen molar-refractivity contribution in [1.82, 2.24) is 10.2 Å². The van der Waals surface area contributed by atoms with E-state index in [-0.39, 0.29) is 24.2 Å². The van der Waals surface area contributed by atoms with E-state index in [1.165, 1.54) is 11.9 Å². The fraction of sp³-hybridized carbons (Fsp3) is 0.533. The quantitative estimate of drug-likeness (QED) is 0.820. The average Bonchev–Trinajstić information content (AvgIpc) is 3.28. The smallest absolute Gasteiger partial charge is 0.317 e. The molecule has 0 bridgehead atoms. The van der Waals surface area contributed by atoms with Crippen molar-refractivity contribution in [1.29, 1.82) is 0 Å². The molecule has 7 heteroatoms. The van der Waals surface area contributed by atoms with Crippen molar-refractivity contribution in [3.8, 4) is 0 Å². The molecule has 0 saturated heterocycles. The predicted octanol–water partition coefficient (Wildman–Crippen LogP) is 2.67. The number of methoxy groups -OCH3 is 1. The van der Waals surface area contributed by atoms with Gasteiger partial charge in [-0.2, -0.15) is 0 Å². The molecule has 0 aliphatic heterocycles. The lowest BCUT2D eigenvalue weighted by Gasteiger charge is -2.23. The van der Waals surface area contributed by atoms with E-state index in [2.05, 4.69) is 5.32 Å². The van der Waals surface area contributed by atoms with Crippen molar-refractivity contribution in [2.24, 2.45) is 5.92 Å². The van der Waals surface area contributed by atoms with Crippen LogP contribution >= 0.6 is 0 Å². The molecule has 122 valence electrons. The van der Waals surface area contributed by atoms with Gasteiger partial charge in [-0.1, -0.05) is 0 Å². The topological polar surface area (TPSA) is 41.6 Å². The monoisotopic (exact) mass is 316 g/mol. The summed E-state index contributed by atoms with van der Waals surface area (Å²) >= 11 is 0. The molecule has 1 aromatic carbocycles. The number of hydrogen-bond acceptors (Lipinski definition) is 2. The Balaban J connectivity index is 1.96. The van der Waals surface area contributed by atoms with Crippen molar-refractivity contribution in [2.45, 2.75) is 25.4 Å². The molecule has 1 fully saturated rings. The third kappa shape index (κ3) is 4.13. The number of nitrogens with one attached hydrogen (secondary N) is 1. The summed E-state index contributed by atoms with van der Waals surface area (Å²) in [7, 11) is 3.07. The van der Waals surface area contributed by atoms with E-state index in [0.29, 0.717) is 12.5 Å². The van der Waals surface area contributed by atoms with Crippen LogP contribution in [0, 0.1) is 23.4 Å². The zero-order valence-electron chi connectivity index (χ0n) is 12.5. The van der Waals surface area contributed by atoms with E-state index in [4.69, 9.17) is 4.74 Å². The van der Waals surface area contributed by atoms with Gasteiger partial charge in [0.05, 0.1) is 12.6 Å². The number of benzene rings is 1. The maximum absolute atomic E-state index is 13.2. The second kappa shape index (κ2) is 7.00. The minimum atomic E-state index is -1.51. The summed E-state index contributed by atoms with van der Waals surface area (Å²) < 4.78 is 44.3. The van der Waals surface area contributed by atoms with E-state index in [1.54, 1.807) is 7.11 Å². The summed E-state index contributed by atoms with van der Waals surface area (Å²) in [5.74, 6) is -3.62. The first kappa shape index (κ1) is 16.6. The maximum Gasteiger partial charge on any atom is 0.317 e. The first-order valence-electron chi connectivity index (χ1n) is 7.06. The lowest BCUT2D eigenvalue weighted by molar-refractivity contribution is 0.149. The van der Waals surface area contributed by atoms with Crippen molar-refractivity contribution in [3.05, 3.63) is 35.1 Å². The van der Waals surface area contributed by atoms with Crippen LogP contribution in [-0.4, -0.2) is 37.7 Å². The van der Waals surface area contributed by atoms with Crippen LogP contribution in [0.3, 0.4) is 0 Å². The molecule has 0 spiro atoms. The van der Waals surface area contributed by atoms with E-state index in [0.717, 1.165) is 25.0 Å². The zero-order chi connectivity index (χ0) is 16.3. The van der Waals surface area contributed by atoms with Crippen molar-refractivity contribution < 1.29 is 22.7 Å². The minimum absolute atomic E-state index is 0.0235. The molecule has 2 amide bonds. The van der Waals surface area contributed by atoms with Gasteiger partial charge in [-0.05, 0) is 36.5 Å². The Morgan fingerprint density at radius 3 is 2.45 bits per heavy atom. The number of hydrogen-bond donors (Lipinski definition) is 1. The van der Waals surface area contributed by atoms with Gasteiger partial charge >= 0.3 is 6.03 Å². The van der Waals surface area contributed by atoms with Crippen LogP contribution in [0.1, 0.15) is 18.4 Å². The lowest BCUT2D eigenvalue weighted by Crippen LogP contribution is -2.45. The Labute approximate surface area is 127 Å². The van der Waals surface area contributed by atoms with Crippen LogP contribution < -0.4 is 5.32 Å². The normalized spacial score (nSPS) is 15.5. The van der Waals surface area contributed by atoms with Crippen molar-refractivity contribution >= 4 is 6.03 Å². The second-order valence-corrected chi connectivity index (χ2v) is 5.58. The van der Waals surface area contributed by atoms with Gasteiger partial charge in [-0.15, -0.1) is 0 Å². The molecule has 1 unspecified atom stereocenters. The van der Waals surface area contributed by atoms with Crippen LogP contribution in [0.2, 0.25) is 0 Å². The Bertz CT molecular complexity index is 527. The predicted molar refractivity (Wildman–Crippen MR) is 74.7 cm³/mol. The fourth-order valence-corrected chi connectivity index (χ4v) is 2.29. The first-order valence-corrected chi connectivity index (χ1v) is 7.06. The van der Waals surface area contributed by atoms with Gasteiger partial charge in [0, 0.05) is 20.7 Å². The molecule has 1 aliphatic rings. The summed E-state index contributed by atoms with van der Waals surface area (Å²) in [5, 5.41) is 2.84. The number of carbonyl (C=O) groups excluding carboxylic acids is 1. The van der Waals surface area contributed by atoms with Crippen molar-refractivity contribution in [3.63, 3.8) is 0 Å². The van der Waals surface area contributed by atoms with E-state index < -0.39 is 17.5 Å². The summed E-state index contributed by atoms with van der Waals surface area (Å²) in [4.78, 5) is 13.4. The number of halogens is 3. The molecule has 1 aliphatic carbocycles. The van der Waals surface area contributed by atoms with Gasteiger partial charge in [0.25, 0.3) is 0 Å². The Kier molecular flexibility index (Phi) is 5.28. The van der Waals surface area contributed by atoms with Gasteiger partial charge < -0.3 is 15.0 Å². The number of urea groups is 1. The second-order valence-electron chi connectivity index (χ2n) is 5.58. The van der Waals surface area contributed by atoms with Crippen LogP contribution in [0.4, 0.5) is 18.0 Å². The van der Waals surface area contributed by atoms with Crippen molar-refractivity contribution in [2.75, 3.05) is 20.8 Å². The molecular formula is C15H19F3N2O2. The Morgan fingerprint density at radius 2 is 1.95 bits per heavy atom. The molecule has 0 radical (unpaired) electrons. The highest BCUT2D eigenvalue weighted by Gasteiger charge is 2.32. The SMILES string of the molecule is COCC(NC(=O)N(C)Cc1cc(F)c(F)c(F)c1)C1CC1. The molecular weight excluding hydrogens is 297 g/mol. The standard InChI is InChI=1S/C15H19F3N2O2/c1-20(7-9-5-11(16)14(18)12(17)6-9)15(21)19-13(8-22-2)10-3-4-10/h5-6,10,13H,3-4,7-8H2,1-2H3,(H,19,21). The molecule has 2 rings (SSSR count). The van der Waals surface area contributed by atoms with Gasteiger partial charge in [0.2, 0.25) is 0 Å². The van der Waals surface area contributed by atoms with E-state index >= 15 is 0 Å². The molecule has 0 heterocycles. The van der Waals surface area contributed by atoms with E-state index in [9.17, 15) is 18.0 Å². The third-order valence-electron chi connectivity index (χ3n) is 3.66. The number of ether oxygens (including phenoxy) is 1. The maximum atomic E-state index is 13.2. The van der Waals surface area contributed by atoms with E-state index in [1.807, 2.05) is 0 Å². The van der Waals surface area contributed by atoms with Crippen LogP contribution in [0.5, 0.6) is 0 Å². The number of carbonyl (C=O) groups is 1. The summed E-state index contributed by atoms with van der Waals surface area (Å²) in [6.45, 7) is 0.397. The molecule has 0 aromatic heterocycles. The highest BCUT2D eigenvalue weighted by atomic mass is 19.2. The van der Waals surface area contributed by atoms with Crippen LogP contribution in [-0.2, 0) is 11.3 Å². The summed E-state index contributed by atoms with van der Waals surface area (Å²) in [6, 6.07) is 1.34. The van der Waals surface area contributed by atoms with Gasteiger partial charge in [-0.3, -0.25) is 0 Å². The van der Waals surface area contributed by atoms with Crippen LogP contribution in [0.25, 0.3) is 0 Å². The molecule has 1 saturated carbocycles.